The highest BCUT2D eigenvalue weighted by Gasteiger charge is 2.13. The van der Waals surface area contributed by atoms with Crippen molar-refractivity contribution in [3.63, 3.8) is 0 Å². The first-order chi connectivity index (χ1) is 9.61. The first-order valence-corrected chi connectivity index (χ1v) is 7.13. The summed E-state index contributed by atoms with van der Waals surface area (Å²) in [5, 5.41) is 0.534. The molecular formula is C15H19ClN4. The molecule has 106 valence electrons. The lowest BCUT2D eigenvalue weighted by Crippen LogP contribution is -2.20. The van der Waals surface area contributed by atoms with Crippen molar-refractivity contribution >= 4 is 17.4 Å². The van der Waals surface area contributed by atoms with Crippen molar-refractivity contribution in [1.82, 2.24) is 15.0 Å². The maximum atomic E-state index is 6.21. The van der Waals surface area contributed by atoms with Gasteiger partial charge in [0.05, 0.1) is 12.2 Å². The summed E-state index contributed by atoms with van der Waals surface area (Å²) in [7, 11) is 2.00. The van der Waals surface area contributed by atoms with E-state index in [-0.39, 0.29) is 0 Å². The van der Waals surface area contributed by atoms with Crippen molar-refractivity contribution in [3.05, 3.63) is 46.6 Å². The molecule has 20 heavy (non-hydrogen) atoms. The smallest absolute Gasteiger partial charge is 0.137 e. The van der Waals surface area contributed by atoms with E-state index in [9.17, 15) is 0 Å². The number of hydrogen-bond donors (Lipinski definition) is 0. The monoisotopic (exact) mass is 290 g/mol. The first-order valence-electron chi connectivity index (χ1n) is 6.76. The molecule has 0 amide bonds. The molecule has 2 aromatic heterocycles. The summed E-state index contributed by atoms with van der Waals surface area (Å²) in [6, 6.07) is 5.90. The third-order valence-corrected chi connectivity index (χ3v) is 3.44. The van der Waals surface area contributed by atoms with Crippen LogP contribution in [0.15, 0.2) is 24.4 Å². The SMILES string of the molecule is CCCc1nc(Cl)c(C)c(N(C)Cc2ccccn2)n1. The molecule has 0 aliphatic heterocycles. The molecule has 2 heterocycles. The molecule has 5 heteroatoms. The summed E-state index contributed by atoms with van der Waals surface area (Å²) in [5.41, 5.74) is 1.91. The largest absolute Gasteiger partial charge is 0.353 e. The minimum Gasteiger partial charge on any atom is -0.353 e. The third kappa shape index (κ3) is 3.45. The van der Waals surface area contributed by atoms with E-state index in [1.54, 1.807) is 6.20 Å². The number of aromatic nitrogens is 3. The minimum absolute atomic E-state index is 0.534. The number of anilines is 1. The molecule has 2 rings (SSSR count). The van der Waals surface area contributed by atoms with Crippen LogP contribution in [0.3, 0.4) is 0 Å². The molecule has 0 saturated carbocycles. The molecule has 0 aromatic carbocycles. The molecule has 0 unspecified atom stereocenters. The minimum atomic E-state index is 0.534. The van der Waals surface area contributed by atoms with Crippen molar-refractivity contribution in [3.8, 4) is 0 Å². The van der Waals surface area contributed by atoms with Crippen LogP contribution >= 0.6 is 11.6 Å². The maximum absolute atomic E-state index is 6.21. The molecule has 0 bridgehead atoms. The number of hydrogen-bond acceptors (Lipinski definition) is 4. The van der Waals surface area contributed by atoms with E-state index < -0.39 is 0 Å². The standard InChI is InChI=1S/C15H19ClN4/c1-4-7-13-18-14(16)11(2)15(19-13)20(3)10-12-8-5-6-9-17-12/h5-6,8-9H,4,7,10H2,1-3H3. The Hall–Kier alpha value is -1.68. The highest BCUT2D eigenvalue weighted by Crippen LogP contribution is 2.24. The van der Waals surface area contributed by atoms with Crippen LogP contribution in [0.4, 0.5) is 5.82 Å². The van der Waals surface area contributed by atoms with Gasteiger partial charge in [0.25, 0.3) is 0 Å². The lowest BCUT2D eigenvalue weighted by Gasteiger charge is -2.20. The van der Waals surface area contributed by atoms with E-state index in [1.807, 2.05) is 32.2 Å². The van der Waals surface area contributed by atoms with Crippen molar-refractivity contribution in [2.45, 2.75) is 33.2 Å². The molecule has 0 aliphatic rings. The molecule has 0 spiro atoms. The molecule has 0 N–H and O–H groups in total. The van der Waals surface area contributed by atoms with Crippen LogP contribution in [0.25, 0.3) is 0 Å². The highest BCUT2D eigenvalue weighted by atomic mass is 35.5. The fraction of sp³-hybridized carbons (Fsp3) is 0.400. The van der Waals surface area contributed by atoms with Gasteiger partial charge in [0, 0.05) is 25.2 Å². The van der Waals surface area contributed by atoms with Gasteiger partial charge in [-0.2, -0.15) is 0 Å². The van der Waals surface area contributed by atoms with E-state index in [0.29, 0.717) is 11.7 Å². The molecule has 4 nitrogen and oxygen atoms in total. The summed E-state index contributed by atoms with van der Waals surface area (Å²) >= 11 is 6.21. The summed E-state index contributed by atoms with van der Waals surface area (Å²) < 4.78 is 0. The highest BCUT2D eigenvalue weighted by molar-refractivity contribution is 6.30. The van der Waals surface area contributed by atoms with Gasteiger partial charge in [-0.15, -0.1) is 0 Å². The van der Waals surface area contributed by atoms with Crippen LogP contribution in [-0.2, 0) is 13.0 Å². The van der Waals surface area contributed by atoms with Gasteiger partial charge >= 0.3 is 0 Å². The Kier molecular flexibility index (Phi) is 4.90. The Morgan fingerprint density at radius 3 is 2.70 bits per heavy atom. The lowest BCUT2D eigenvalue weighted by molar-refractivity contribution is 0.799. The van der Waals surface area contributed by atoms with Gasteiger partial charge in [-0.1, -0.05) is 24.6 Å². The topological polar surface area (TPSA) is 41.9 Å². The van der Waals surface area contributed by atoms with Gasteiger partial charge in [-0.05, 0) is 25.5 Å². The van der Waals surface area contributed by atoms with Crippen LogP contribution in [0, 0.1) is 6.92 Å². The van der Waals surface area contributed by atoms with Crippen LogP contribution in [0.2, 0.25) is 5.15 Å². The maximum Gasteiger partial charge on any atom is 0.137 e. The van der Waals surface area contributed by atoms with Gasteiger partial charge in [-0.3, -0.25) is 4.98 Å². The normalized spacial score (nSPS) is 10.6. The van der Waals surface area contributed by atoms with Gasteiger partial charge in [0.2, 0.25) is 0 Å². The lowest BCUT2D eigenvalue weighted by atomic mass is 10.2. The molecular weight excluding hydrogens is 272 g/mol. The van der Waals surface area contributed by atoms with Crippen molar-refractivity contribution in [2.24, 2.45) is 0 Å². The average molecular weight is 291 g/mol. The van der Waals surface area contributed by atoms with Crippen molar-refractivity contribution in [1.29, 1.82) is 0 Å². The van der Waals surface area contributed by atoms with Crippen LogP contribution < -0.4 is 4.90 Å². The molecule has 0 fully saturated rings. The van der Waals surface area contributed by atoms with E-state index in [1.165, 1.54) is 0 Å². The molecule has 0 aliphatic carbocycles. The molecule has 0 saturated heterocycles. The summed E-state index contributed by atoms with van der Waals surface area (Å²) in [6.07, 6.45) is 3.64. The Bertz CT molecular complexity index is 572. The molecule has 0 radical (unpaired) electrons. The van der Waals surface area contributed by atoms with Gasteiger partial charge in [0.15, 0.2) is 0 Å². The van der Waals surface area contributed by atoms with Gasteiger partial charge in [-0.25, -0.2) is 9.97 Å². The van der Waals surface area contributed by atoms with Gasteiger partial charge < -0.3 is 4.90 Å². The quantitative estimate of drug-likeness (QED) is 0.791. The fourth-order valence-corrected chi connectivity index (χ4v) is 2.22. The van der Waals surface area contributed by atoms with Crippen LogP contribution in [0.5, 0.6) is 0 Å². The molecule has 2 aromatic rings. The zero-order valence-corrected chi connectivity index (χ0v) is 12.9. The zero-order valence-electron chi connectivity index (χ0n) is 12.1. The average Bonchev–Trinajstić information content (AvgIpc) is 2.44. The second-order valence-corrected chi connectivity index (χ2v) is 5.16. The van der Waals surface area contributed by atoms with Crippen LogP contribution in [0.1, 0.15) is 30.4 Å². The summed E-state index contributed by atoms with van der Waals surface area (Å²) in [6.45, 7) is 4.75. The second kappa shape index (κ2) is 6.66. The number of pyridine rings is 1. The Balaban J connectivity index is 2.26. The van der Waals surface area contributed by atoms with Crippen molar-refractivity contribution in [2.75, 3.05) is 11.9 Å². The summed E-state index contributed by atoms with van der Waals surface area (Å²) in [4.78, 5) is 15.3. The number of halogens is 1. The van der Waals surface area contributed by atoms with Gasteiger partial charge in [0.1, 0.15) is 16.8 Å². The van der Waals surface area contributed by atoms with Crippen LogP contribution in [-0.4, -0.2) is 22.0 Å². The number of aryl methyl sites for hydroxylation is 1. The Morgan fingerprint density at radius 1 is 1.25 bits per heavy atom. The third-order valence-electron chi connectivity index (χ3n) is 3.07. The van der Waals surface area contributed by atoms with E-state index in [0.717, 1.165) is 35.7 Å². The predicted octanol–water partition coefficient (Wildman–Crippen LogP) is 3.42. The fourth-order valence-electron chi connectivity index (χ4n) is 2.04. The van der Waals surface area contributed by atoms with E-state index in [4.69, 9.17) is 11.6 Å². The van der Waals surface area contributed by atoms with E-state index in [2.05, 4.69) is 26.8 Å². The Labute approximate surface area is 124 Å². The number of rotatable bonds is 5. The predicted molar refractivity (Wildman–Crippen MR) is 82.1 cm³/mol. The van der Waals surface area contributed by atoms with Crippen molar-refractivity contribution < 1.29 is 0 Å². The first kappa shape index (κ1) is 14.7. The summed E-state index contributed by atoms with van der Waals surface area (Å²) in [5.74, 6) is 1.67. The molecule has 0 atom stereocenters. The number of nitrogens with zero attached hydrogens (tertiary/aromatic N) is 4. The van der Waals surface area contributed by atoms with E-state index >= 15 is 0 Å². The second-order valence-electron chi connectivity index (χ2n) is 4.81. The Morgan fingerprint density at radius 2 is 2.05 bits per heavy atom. The zero-order chi connectivity index (χ0) is 14.5.